The van der Waals surface area contributed by atoms with Gasteiger partial charge in [-0.3, -0.25) is 0 Å². The Kier molecular flexibility index (Phi) is 3.42. The fourth-order valence-electron chi connectivity index (χ4n) is 1.10. The average Bonchev–Trinajstić information content (AvgIpc) is 2.05. The van der Waals surface area contributed by atoms with Crippen LogP contribution < -0.4 is 0 Å². The Hall–Kier alpha value is -0.200. The van der Waals surface area contributed by atoms with E-state index in [0.29, 0.717) is 0 Å². The molecule has 1 rings (SSSR count). The second-order valence-corrected chi connectivity index (χ2v) is 2.63. The van der Waals surface area contributed by atoms with Crippen LogP contribution in [0, 0.1) is 6.42 Å². The molecule has 1 radical (unpaired) electrons. The minimum Gasteiger partial charge on any atom is -0.394 e. The highest BCUT2D eigenvalue weighted by Gasteiger charge is 2.36. The lowest BCUT2D eigenvalue weighted by molar-refractivity contribution is -0.242. The van der Waals surface area contributed by atoms with Gasteiger partial charge >= 0.3 is 0 Å². The van der Waals surface area contributed by atoms with Gasteiger partial charge < -0.3 is 24.8 Å². The molecule has 1 heterocycles. The van der Waals surface area contributed by atoms with Gasteiger partial charge in [0.2, 0.25) is 0 Å². The summed E-state index contributed by atoms with van der Waals surface area (Å²) in [5.74, 6) is 0. The van der Waals surface area contributed by atoms with Gasteiger partial charge in [0, 0.05) is 13.5 Å². The van der Waals surface area contributed by atoms with Crippen LogP contribution in [0.4, 0.5) is 0 Å². The van der Waals surface area contributed by atoms with Gasteiger partial charge in [-0.05, 0) is 0 Å². The maximum absolute atomic E-state index is 9.21. The van der Waals surface area contributed by atoms with Crippen LogP contribution in [0.25, 0.3) is 0 Å². The Morgan fingerprint density at radius 3 is 2.58 bits per heavy atom. The molecule has 3 N–H and O–H groups in total. The molecular weight excluding hydrogens is 164 g/mol. The number of rotatable bonds is 2. The van der Waals surface area contributed by atoms with E-state index in [1.807, 2.05) is 0 Å². The predicted molar refractivity (Wildman–Crippen MR) is 39.1 cm³/mol. The summed E-state index contributed by atoms with van der Waals surface area (Å²) in [5, 5.41) is 27.1. The zero-order valence-electron chi connectivity index (χ0n) is 6.75. The summed E-state index contributed by atoms with van der Waals surface area (Å²) in [5.41, 5.74) is 0. The highest BCUT2D eigenvalue weighted by molar-refractivity contribution is 4.94. The normalized spacial score (nSPS) is 43.0. The number of aliphatic hydroxyl groups excluding tert-OH is 3. The van der Waals surface area contributed by atoms with E-state index in [1.54, 1.807) is 0 Å². The maximum Gasteiger partial charge on any atom is 0.184 e. The van der Waals surface area contributed by atoms with Crippen molar-refractivity contribution in [1.29, 1.82) is 0 Å². The Morgan fingerprint density at radius 1 is 1.42 bits per heavy atom. The van der Waals surface area contributed by atoms with Crippen molar-refractivity contribution in [1.82, 2.24) is 0 Å². The standard InChI is InChI=1S/C7H13O5/c1-11-7-5(10)2-4(9)6(3-8)12-7/h2,4-10H,3H2,1H3/t4-,5+,6+,7?/m0/s1. The first-order valence-electron chi connectivity index (χ1n) is 3.69. The fraction of sp³-hybridized carbons (Fsp3) is 0.857. The van der Waals surface area contributed by atoms with Gasteiger partial charge in [0.05, 0.1) is 12.7 Å². The molecule has 0 amide bonds. The van der Waals surface area contributed by atoms with Gasteiger partial charge in [-0.15, -0.1) is 0 Å². The molecule has 71 valence electrons. The van der Waals surface area contributed by atoms with Gasteiger partial charge in [-0.2, -0.15) is 0 Å². The molecule has 0 aromatic rings. The summed E-state index contributed by atoms with van der Waals surface area (Å²) in [6.45, 7) is -0.301. The topological polar surface area (TPSA) is 79.2 Å². The van der Waals surface area contributed by atoms with Crippen molar-refractivity contribution in [3.05, 3.63) is 6.42 Å². The largest absolute Gasteiger partial charge is 0.394 e. The molecule has 12 heavy (non-hydrogen) atoms. The number of hydrogen-bond donors (Lipinski definition) is 3. The lowest BCUT2D eigenvalue weighted by Gasteiger charge is -2.35. The maximum atomic E-state index is 9.21. The molecule has 5 heteroatoms. The molecule has 0 aliphatic carbocycles. The summed E-state index contributed by atoms with van der Waals surface area (Å²) in [6, 6.07) is 0. The van der Waals surface area contributed by atoms with Crippen molar-refractivity contribution in [3.63, 3.8) is 0 Å². The van der Waals surface area contributed by atoms with Crippen molar-refractivity contribution in [2.24, 2.45) is 0 Å². The number of aliphatic hydroxyl groups is 3. The highest BCUT2D eigenvalue weighted by Crippen LogP contribution is 2.19. The van der Waals surface area contributed by atoms with Crippen LogP contribution in [-0.4, -0.2) is 53.6 Å². The van der Waals surface area contributed by atoms with E-state index in [-0.39, 0.29) is 6.61 Å². The molecule has 0 aromatic carbocycles. The van der Waals surface area contributed by atoms with Crippen LogP contribution >= 0.6 is 0 Å². The van der Waals surface area contributed by atoms with Crippen LogP contribution in [0.5, 0.6) is 0 Å². The second-order valence-electron chi connectivity index (χ2n) is 2.63. The zero-order valence-corrected chi connectivity index (χ0v) is 6.75. The van der Waals surface area contributed by atoms with Gasteiger partial charge in [0.15, 0.2) is 6.29 Å². The van der Waals surface area contributed by atoms with Crippen molar-refractivity contribution < 1.29 is 24.8 Å². The number of ether oxygens (including phenoxy) is 2. The molecule has 5 nitrogen and oxygen atoms in total. The minimum atomic E-state index is -0.951. The first kappa shape index (κ1) is 9.88. The first-order valence-corrected chi connectivity index (χ1v) is 3.69. The fourth-order valence-corrected chi connectivity index (χ4v) is 1.10. The molecule has 0 saturated carbocycles. The molecule has 1 aliphatic heterocycles. The Morgan fingerprint density at radius 2 is 2.08 bits per heavy atom. The molecule has 1 fully saturated rings. The lowest BCUT2D eigenvalue weighted by atomic mass is 10.0. The van der Waals surface area contributed by atoms with Crippen molar-refractivity contribution in [2.75, 3.05) is 13.7 Å². The molecule has 0 aromatic heterocycles. The molecule has 1 aliphatic rings. The third-order valence-corrected chi connectivity index (χ3v) is 1.78. The molecule has 1 unspecified atom stereocenters. The monoisotopic (exact) mass is 177 g/mol. The van der Waals surface area contributed by atoms with E-state index in [1.165, 1.54) is 13.5 Å². The molecule has 0 spiro atoms. The molecular formula is C7H13O5. The van der Waals surface area contributed by atoms with Gasteiger partial charge in [-0.1, -0.05) is 0 Å². The quantitative estimate of drug-likeness (QED) is 0.467. The summed E-state index contributed by atoms with van der Waals surface area (Å²) in [7, 11) is 1.38. The van der Waals surface area contributed by atoms with Gasteiger partial charge in [0.1, 0.15) is 12.2 Å². The Bertz CT molecular complexity index is 126. The van der Waals surface area contributed by atoms with Crippen LogP contribution in [0.1, 0.15) is 0 Å². The summed E-state index contributed by atoms with van der Waals surface area (Å²) in [6.07, 6.45) is -2.13. The van der Waals surface area contributed by atoms with Gasteiger partial charge in [0.25, 0.3) is 0 Å². The third kappa shape index (κ3) is 1.94. The Labute approximate surface area is 70.5 Å². The molecule has 1 saturated heterocycles. The lowest BCUT2D eigenvalue weighted by Crippen LogP contribution is -2.49. The SMILES string of the molecule is COC1O[C@H](CO)[C@@H](O)[CH][C@H]1O. The van der Waals surface area contributed by atoms with Crippen LogP contribution in [-0.2, 0) is 9.47 Å². The van der Waals surface area contributed by atoms with Crippen LogP contribution in [0.3, 0.4) is 0 Å². The Balaban J connectivity index is 2.50. The summed E-state index contributed by atoms with van der Waals surface area (Å²) in [4.78, 5) is 0. The number of hydrogen-bond acceptors (Lipinski definition) is 5. The van der Waals surface area contributed by atoms with Crippen LogP contribution in [0.15, 0.2) is 0 Å². The average molecular weight is 177 g/mol. The smallest absolute Gasteiger partial charge is 0.184 e. The van der Waals surface area contributed by atoms with E-state index in [4.69, 9.17) is 14.6 Å². The number of methoxy groups -OCH3 is 1. The van der Waals surface area contributed by atoms with Gasteiger partial charge in [-0.25, -0.2) is 0 Å². The second kappa shape index (κ2) is 4.15. The summed E-state index contributed by atoms with van der Waals surface area (Å²) >= 11 is 0. The third-order valence-electron chi connectivity index (χ3n) is 1.78. The summed E-state index contributed by atoms with van der Waals surface area (Å²) < 4.78 is 9.76. The van der Waals surface area contributed by atoms with E-state index in [2.05, 4.69) is 0 Å². The molecule has 0 bridgehead atoms. The van der Waals surface area contributed by atoms with E-state index < -0.39 is 24.6 Å². The van der Waals surface area contributed by atoms with Crippen LogP contribution in [0.2, 0.25) is 0 Å². The first-order chi connectivity index (χ1) is 5.69. The minimum absolute atomic E-state index is 0.301. The van der Waals surface area contributed by atoms with Crippen molar-refractivity contribution in [3.8, 4) is 0 Å². The van der Waals surface area contributed by atoms with Crippen molar-refractivity contribution in [2.45, 2.75) is 24.6 Å². The van der Waals surface area contributed by atoms with E-state index >= 15 is 0 Å². The van der Waals surface area contributed by atoms with Crippen molar-refractivity contribution >= 4 is 0 Å². The van der Waals surface area contributed by atoms with E-state index in [0.717, 1.165) is 0 Å². The predicted octanol–water partition coefficient (Wildman–Crippen LogP) is -1.72. The van der Waals surface area contributed by atoms with E-state index in [9.17, 15) is 10.2 Å². The zero-order chi connectivity index (χ0) is 9.14. The highest BCUT2D eigenvalue weighted by atomic mass is 16.7. The molecule has 4 atom stereocenters.